The molecule has 0 aliphatic carbocycles. The molecule has 0 aliphatic rings. The maximum absolute atomic E-state index is 13.6. The lowest BCUT2D eigenvalue weighted by Crippen LogP contribution is -2.08. The van der Waals surface area contributed by atoms with Crippen molar-refractivity contribution in [2.45, 2.75) is 24.7 Å². The Bertz CT molecular complexity index is 1450. The van der Waals surface area contributed by atoms with E-state index in [1.165, 1.54) is 12.1 Å². The molecule has 0 bridgehead atoms. The lowest BCUT2D eigenvalue weighted by atomic mass is 9.95. The lowest BCUT2D eigenvalue weighted by Gasteiger charge is -2.14. The van der Waals surface area contributed by atoms with E-state index < -0.39 is 9.84 Å². The average Bonchev–Trinajstić information content (AvgIpc) is 2.79. The molecule has 0 amide bonds. The topological polar surface area (TPSA) is 73.6 Å². The van der Waals surface area contributed by atoms with E-state index in [4.69, 9.17) is 9.15 Å². The Morgan fingerprint density at radius 1 is 0.938 bits per heavy atom. The minimum absolute atomic E-state index is 0.137. The van der Waals surface area contributed by atoms with Gasteiger partial charge in [-0.15, -0.1) is 0 Å². The van der Waals surface area contributed by atoms with Gasteiger partial charge in [0.2, 0.25) is 5.43 Å². The summed E-state index contributed by atoms with van der Waals surface area (Å²) in [6, 6.07) is 19.2. The van der Waals surface area contributed by atoms with E-state index in [1.807, 2.05) is 24.3 Å². The maximum Gasteiger partial charge on any atom is 0.201 e. The second-order valence-electron chi connectivity index (χ2n) is 7.70. The number of rotatable bonds is 6. The molecule has 3 aromatic carbocycles. The molecule has 4 rings (SSSR count). The number of para-hydroxylation sites is 1. The van der Waals surface area contributed by atoms with Crippen LogP contribution in [0, 0.1) is 0 Å². The molecule has 0 aliphatic heterocycles. The van der Waals surface area contributed by atoms with Crippen molar-refractivity contribution in [3.05, 3.63) is 82.5 Å². The van der Waals surface area contributed by atoms with Crippen LogP contribution in [0.25, 0.3) is 33.4 Å². The number of fused-ring (bicyclic) bond motifs is 1. The van der Waals surface area contributed by atoms with Gasteiger partial charge < -0.3 is 9.15 Å². The molecule has 0 N–H and O–H groups in total. The van der Waals surface area contributed by atoms with Crippen molar-refractivity contribution < 1.29 is 17.6 Å². The quantitative estimate of drug-likeness (QED) is 0.390. The highest BCUT2D eigenvalue weighted by Crippen LogP contribution is 2.35. The first kappa shape index (κ1) is 21.8. The monoisotopic (exact) mass is 448 g/mol. The third-order valence-electron chi connectivity index (χ3n) is 5.43. The van der Waals surface area contributed by atoms with Crippen LogP contribution < -0.4 is 10.2 Å². The molecule has 0 saturated carbocycles. The summed E-state index contributed by atoms with van der Waals surface area (Å²) in [4.78, 5) is 13.8. The number of aryl methyl sites for hydroxylation is 1. The number of hydrogen-bond acceptors (Lipinski definition) is 5. The van der Waals surface area contributed by atoms with E-state index in [0.717, 1.165) is 36.0 Å². The van der Waals surface area contributed by atoms with Gasteiger partial charge in [0.25, 0.3) is 0 Å². The van der Waals surface area contributed by atoms with Crippen LogP contribution in [0.15, 0.2) is 80.8 Å². The summed E-state index contributed by atoms with van der Waals surface area (Å²) in [5.74, 6) is 1.18. The zero-order chi connectivity index (χ0) is 22.9. The molecule has 0 unspecified atom stereocenters. The molecule has 6 heteroatoms. The second kappa shape index (κ2) is 8.63. The van der Waals surface area contributed by atoms with Crippen LogP contribution in [0.4, 0.5) is 0 Å². The van der Waals surface area contributed by atoms with Gasteiger partial charge in [-0.3, -0.25) is 4.79 Å². The number of methoxy groups -OCH3 is 1. The Morgan fingerprint density at radius 3 is 2.28 bits per heavy atom. The van der Waals surface area contributed by atoms with Crippen molar-refractivity contribution >= 4 is 20.8 Å². The molecule has 164 valence electrons. The molecule has 32 heavy (non-hydrogen) atoms. The molecule has 0 radical (unpaired) electrons. The molecular weight excluding hydrogens is 424 g/mol. The summed E-state index contributed by atoms with van der Waals surface area (Å²) in [6.45, 7) is 2.09. The van der Waals surface area contributed by atoms with E-state index in [2.05, 4.69) is 6.92 Å². The van der Waals surface area contributed by atoms with Crippen molar-refractivity contribution in [3.8, 4) is 28.2 Å². The summed E-state index contributed by atoms with van der Waals surface area (Å²) in [5, 5.41) is 0.492. The fourth-order valence-electron chi connectivity index (χ4n) is 3.86. The van der Waals surface area contributed by atoms with Crippen LogP contribution >= 0.6 is 0 Å². The van der Waals surface area contributed by atoms with Gasteiger partial charge in [-0.2, -0.15) is 0 Å². The van der Waals surface area contributed by atoms with E-state index in [9.17, 15) is 13.2 Å². The zero-order valence-electron chi connectivity index (χ0n) is 18.2. The van der Waals surface area contributed by atoms with E-state index in [-0.39, 0.29) is 10.3 Å². The molecule has 0 fully saturated rings. The Kier molecular flexibility index (Phi) is 5.89. The first-order valence-electron chi connectivity index (χ1n) is 10.4. The lowest BCUT2D eigenvalue weighted by molar-refractivity contribution is 0.409. The predicted octanol–water partition coefficient (Wildman–Crippen LogP) is 5.49. The van der Waals surface area contributed by atoms with Crippen LogP contribution in [-0.2, 0) is 16.3 Å². The van der Waals surface area contributed by atoms with Gasteiger partial charge in [-0.05, 0) is 66.1 Å². The minimum atomic E-state index is -3.33. The highest BCUT2D eigenvalue weighted by atomic mass is 32.2. The molecule has 5 nitrogen and oxygen atoms in total. The van der Waals surface area contributed by atoms with E-state index in [0.29, 0.717) is 27.9 Å². The second-order valence-corrected chi connectivity index (χ2v) is 9.72. The standard InChI is InChI=1S/C26H24O5S/c1-4-7-18-16-19(12-15-22(18)30-2)24-25(27)21-8-5-6-9-23(21)31-26(24)17-10-13-20(14-11-17)32(3,28)29/h5-6,8-16H,4,7H2,1-3H3. The van der Waals surface area contributed by atoms with Crippen LogP contribution in [0.5, 0.6) is 5.75 Å². The largest absolute Gasteiger partial charge is 0.496 e. The van der Waals surface area contributed by atoms with Crippen molar-refractivity contribution in [1.82, 2.24) is 0 Å². The molecular formula is C26H24O5S. The summed E-state index contributed by atoms with van der Waals surface area (Å²) in [6.07, 6.45) is 2.91. The minimum Gasteiger partial charge on any atom is -0.496 e. The van der Waals surface area contributed by atoms with Crippen molar-refractivity contribution in [2.24, 2.45) is 0 Å². The fourth-order valence-corrected chi connectivity index (χ4v) is 4.49. The van der Waals surface area contributed by atoms with Gasteiger partial charge in [0, 0.05) is 11.8 Å². The Labute approximate surface area is 187 Å². The molecule has 1 aromatic heterocycles. The van der Waals surface area contributed by atoms with Crippen molar-refractivity contribution in [2.75, 3.05) is 13.4 Å². The highest BCUT2D eigenvalue weighted by molar-refractivity contribution is 7.90. The van der Waals surface area contributed by atoms with E-state index >= 15 is 0 Å². The SMILES string of the molecule is CCCc1cc(-c2c(-c3ccc(S(C)(=O)=O)cc3)oc3ccccc3c2=O)ccc1OC. The Balaban J connectivity index is 2.01. The first-order chi connectivity index (χ1) is 15.3. The van der Waals surface area contributed by atoms with Crippen molar-refractivity contribution in [1.29, 1.82) is 0 Å². The normalized spacial score (nSPS) is 11.6. The van der Waals surface area contributed by atoms with Crippen LogP contribution in [-0.4, -0.2) is 21.8 Å². The smallest absolute Gasteiger partial charge is 0.201 e. The predicted molar refractivity (Wildman–Crippen MR) is 127 cm³/mol. The number of benzene rings is 3. The average molecular weight is 449 g/mol. The molecule has 0 atom stereocenters. The van der Waals surface area contributed by atoms with Gasteiger partial charge in [-0.25, -0.2) is 8.42 Å². The molecule has 4 aromatic rings. The Hall–Kier alpha value is -3.38. The number of sulfone groups is 1. The summed E-state index contributed by atoms with van der Waals surface area (Å²) in [7, 11) is -1.70. The maximum atomic E-state index is 13.6. The van der Waals surface area contributed by atoms with Crippen molar-refractivity contribution in [3.63, 3.8) is 0 Å². The zero-order valence-corrected chi connectivity index (χ0v) is 19.0. The van der Waals surface area contributed by atoms with Crippen LogP contribution in [0.3, 0.4) is 0 Å². The van der Waals surface area contributed by atoms with Gasteiger partial charge in [0.1, 0.15) is 17.1 Å². The summed E-state index contributed by atoms with van der Waals surface area (Å²) >= 11 is 0. The molecule has 0 spiro atoms. The van der Waals surface area contributed by atoms with Gasteiger partial charge in [0.15, 0.2) is 9.84 Å². The summed E-state index contributed by atoms with van der Waals surface area (Å²) in [5.41, 5.74) is 3.15. The third-order valence-corrected chi connectivity index (χ3v) is 6.56. The fraction of sp³-hybridized carbons (Fsp3) is 0.192. The number of hydrogen-bond donors (Lipinski definition) is 0. The van der Waals surface area contributed by atoms with Gasteiger partial charge in [0.05, 0.1) is 23.0 Å². The third kappa shape index (κ3) is 4.06. The highest BCUT2D eigenvalue weighted by Gasteiger charge is 2.19. The van der Waals surface area contributed by atoms with Gasteiger partial charge >= 0.3 is 0 Å². The van der Waals surface area contributed by atoms with Crippen LogP contribution in [0.1, 0.15) is 18.9 Å². The molecule has 1 heterocycles. The van der Waals surface area contributed by atoms with Crippen LogP contribution in [0.2, 0.25) is 0 Å². The molecule has 0 saturated heterocycles. The first-order valence-corrected chi connectivity index (χ1v) is 12.3. The summed E-state index contributed by atoms with van der Waals surface area (Å²) < 4.78 is 35.5. The van der Waals surface area contributed by atoms with E-state index in [1.54, 1.807) is 37.4 Å². The van der Waals surface area contributed by atoms with Gasteiger partial charge in [-0.1, -0.05) is 31.5 Å². The Morgan fingerprint density at radius 2 is 1.62 bits per heavy atom. The number of ether oxygens (including phenoxy) is 1.